The maximum Gasteiger partial charge on any atom is 0.128 e. The van der Waals surface area contributed by atoms with E-state index in [4.69, 9.17) is 16.4 Å². The number of rotatable bonds is 4. The Labute approximate surface area is 166 Å². The molecule has 0 atom stereocenters. The van der Waals surface area contributed by atoms with Crippen LogP contribution in [0.25, 0.3) is 0 Å². The molecule has 0 spiro atoms. The molecule has 1 aromatic carbocycles. The van der Waals surface area contributed by atoms with Crippen molar-refractivity contribution in [3.05, 3.63) is 70.8 Å². The van der Waals surface area contributed by atoms with E-state index in [1.54, 1.807) is 0 Å². The topological polar surface area (TPSA) is 41.6 Å². The molecule has 4 heteroatoms. The summed E-state index contributed by atoms with van der Waals surface area (Å²) in [5, 5.41) is 2.09. The molecule has 2 N–H and O–H groups in total. The lowest BCUT2D eigenvalue weighted by Crippen LogP contribution is -2.28. The van der Waals surface area contributed by atoms with E-state index in [0.717, 1.165) is 46.1 Å². The summed E-state index contributed by atoms with van der Waals surface area (Å²) in [6, 6.07) is 5.98. The summed E-state index contributed by atoms with van der Waals surface area (Å²) in [4.78, 5) is 7.97. The molecule has 0 aromatic heterocycles. The Hall–Kier alpha value is -2.42. The largest absolute Gasteiger partial charge is 0.409 e. The molecule has 0 fully saturated rings. The van der Waals surface area contributed by atoms with Crippen molar-refractivity contribution in [1.82, 2.24) is 4.90 Å². The van der Waals surface area contributed by atoms with E-state index in [2.05, 4.69) is 49.1 Å². The Bertz CT molecular complexity index is 907. The lowest BCUT2D eigenvalue weighted by atomic mass is 10.0. The number of nitrogens with two attached hydrogens (primary N) is 1. The van der Waals surface area contributed by atoms with Crippen LogP contribution in [0.1, 0.15) is 32.3 Å². The molecular formula is C23H30N3S-. The van der Waals surface area contributed by atoms with Crippen LogP contribution in [0.15, 0.2) is 75.1 Å². The van der Waals surface area contributed by atoms with Crippen molar-refractivity contribution >= 4 is 21.8 Å². The van der Waals surface area contributed by atoms with Crippen molar-refractivity contribution in [2.75, 3.05) is 19.3 Å². The summed E-state index contributed by atoms with van der Waals surface area (Å²) < 4.78 is 0. The second kappa shape index (κ2) is 9.50. The molecule has 144 valence electrons. The van der Waals surface area contributed by atoms with Crippen LogP contribution < -0.4 is 5.73 Å². The zero-order valence-electron chi connectivity index (χ0n) is 16.8. The molecule has 0 radical (unpaired) electrons. The maximum absolute atomic E-state index is 6.48. The Morgan fingerprint density at radius 1 is 1.44 bits per heavy atom. The summed E-state index contributed by atoms with van der Waals surface area (Å²) in [5.41, 5.74) is 17.7. The van der Waals surface area contributed by atoms with Gasteiger partial charge in [0.1, 0.15) is 5.84 Å². The van der Waals surface area contributed by atoms with Crippen LogP contribution in [-0.2, 0) is 10.3 Å². The van der Waals surface area contributed by atoms with Gasteiger partial charge in [-0.05, 0) is 62.5 Å². The molecule has 0 saturated heterocycles. The number of anilines is 1. The summed E-state index contributed by atoms with van der Waals surface area (Å²) in [6.45, 7) is 10.8. The van der Waals surface area contributed by atoms with Gasteiger partial charge in [-0.3, -0.25) is 4.99 Å². The SMILES string of the molecule is C#[S-](/C=C(/C)C(=NCC)N(C)C1=C(C=C)CCC=C1)c1ccc(N)c(C)c1. The number of hydrogen-bond acceptors (Lipinski definition) is 3. The molecular weight excluding hydrogens is 350 g/mol. The number of amidine groups is 1. The van der Waals surface area contributed by atoms with E-state index in [-0.39, 0.29) is 0 Å². The van der Waals surface area contributed by atoms with Crippen LogP contribution in [0.3, 0.4) is 0 Å². The molecule has 1 aliphatic carbocycles. The third kappa shape index (κ3) is 5.06. The number of hydrogen-bond donors (Lipinski definition) is 1. The van der Waals surface area contributed by atoms with Crippen LogP contribution in [-0.4, -0.2) is 24.3 Å². The van der Waals surface area contributed by atoms with Crippen molar-refractivity contribution in [2.45, 2.75) is 38.5 Å². The van der Waals surface area contributed by atoms with Gasteiger partial charge < -0.3 is 26.6 Å². The molecule has 1 aromatic rings. The molecule has 3 nitrogen and oxygen atoms in total. The number of nitrogens with zero attached hydrogens (tertiary/aromatic N) is 2. The summed E-state index contributed by atoms with van der Waals surface area (Å²) >= 11 is 0. The molecule has 2 rings (SSSR count). The van der Waals surface area contributed by atoms with Gasteiger partial charge in [-0.2, -0.15) is 5.41 Å². The van der Waals surface area contributed by atoms with Gasteiger partial charge in [0.05, 0.1) is 0 Å². The van der Waals surface area contributed by atoms with Crippen LogP contribution in [0.5, 0.6) is 0 Å². The van der Waals surface area contributed by atoms with Crippen LogP contribution in [0, 0.1) is 12.6 Å². The first-order valence-corrected chi connectivity index (χ1v) is 10.6. The zero-order valence-corrected chi connectivity index (χ0v) is 17.6. The van der Waals surface area contributed by atoms with E-state index >= 15 is 0 Å². The predicted octanol–water partition coefficient (Wildman–Crippen LogP) is 5.19. The highest BCUT2D eigenvalue weighted by Crippen LogP contribution is 2.24. The first-order valence-electron chi connectivity index (χ1n) is 9.21. The fraction of sp³-hybridized carbons (Fsp3) is 0.304. The van der Waals surface area contributed by atoms with E-state index in [0.29, 0.717) is 6.54 Å². The minimum Gasteiger partial charge on any atom is -0.409 e. The fourth-order valence-electron chi connectivity index (χ4n) is 3.07. The fourth-order valence-corrected chi connectivity index (χ4v) is 4.23. The average molecular weight is 381 g/mol. The van der Waals surface area contributed by atoms with Gasteiger partial charge >= 0.3 is 0 Å². The second-order valence-corrected chi connectivity index (χ2v) is 8.05. The van der Waals surface area contributed by atoms with E-state index in [1.165, 1.54) is 5.57 Å². The third-order valence-electron chi connectivity index (χ3n) is 4.59. The average Bonchev–Trinajstić information content (AvgIpc) is 2.67. The molecule has 0 amide bonds. The van der Waals surface area contributed by atoms with Crippen molar-refractivity contribution < 1.29 is 0 Å². The van der Waals surface area contributed by atoms with Crippen molar-refractivity contribution in [3.63, 3.8) is 0 Å². The lowest BCUT2D eigenvalue weighted by Gasteiger charge is -2.28. The Kier molecular flexibility index (Phi) is 7.35. The number of likely N-dealkylation sites (N-methyl/N-ethyl adjacent to an activating group) is 1. The smallest absolute Gasteiger partial charge is 0.128 e. The number of allylic oxidation sites excluding steroid dienone is 4. The number of aryl methyl sites for hydroxylation is 1. The van der Waals surface area contributed by atoms with E-state index in [9.17, 15) is 0 Å². The molecule has 1 aliphatic rings. The number of nitrogen functional groups attached to an aromatic ring is 1. The quantitative estimate of drug-likeness (QED) is 0.338. The highest BCUT2D eigenvalue weighted by Gasteiger charge is 2.15. The van der Waals surface area contributed by atoms with Gasteiger partial charge in [-0.15, -0.1) is 4.90 Å². The zero-order chi connectivity index (χ0) is 20.0. The summed E-state index contributed by atoms with van der Waals surface area (Å²) in [6.07, 6.45) is 8.36. The second-order valence-electron chi connectivity index (χ2n) is 6.60. The summed E-state index contributed by atoms with van der Waals surface area (Å²) in [5.74, 6) is 0.938. The van der Waals surface area contributed by atoms with Crippen molar-refractivity contribution in [2.24, 2.45) is 4.99 Å². The Morgan fingerprint density at radius 2 is 2.19 bits per heavy atom. The normalized spacial score (nSPS) is 15.4. The lowest BCUT2D eigenvalue weighted by molar-refractivity contribution is 0.625. The first-order chi connectivity index (χ1) is 12.9. The standard InChI is InChI=1S/C23H30N3S/c1-7-19-11-9-10-12-22(19)26(5)23(25-8-2)18(4)16-27(6)20-13-14-21(24)17(3)15-20/h6-7,10,12-16H,1,8-9,11,24H2,2-5H3/q-1/b18-16-,25-23?. The van der Waals surface area contributed by atoms with Gasteiger partial charge in [-0.1, -0.05) is 30.9 Å². The highest BCUT2D eigenvalue weighted by molar-refractivity contribution is 7.89. The monoisotopic (exact) mass is 380 g/mol. The van der Waals surface area contributed by atoms with Crippen LogP contribution in [0.2, 0.25) is 0 Å². The van der Waals surface area contributed by atoms with E-state index in [1.807, 2.05) is 32.1 Å². The number of aliphatic imine (C=N–C) groups is 1. The molecule has 0 unspecified atom stereocenters. The molecule has 0 heterocycles. The molecule has 0 aliphatic heterocycles. The van der Waals surface area contributed by atoms with Crippen molar-refractivity contribution in [1.29, 1.82) is 0 Å². The molecule has 0 saturated carbocycles. The number of benzene rings is 1. The van der Waals surface area contributed by atoms with Crippen LogP contribution in [0.4, 0.5) is 5.69 Å². The van der Waals surface area contributed by atoms with Gasteiger partial charge in [0.2, 0.25) is 0 Å². The Morgan fingerprint density at radius 3 is 2.81 bits per heavy atom. The molecule has 27 heavy (non-hydrogen) atoms. The van der Waals surface area contributed by atoms with Gasteiger partial charge in [-0.25, -0.2) is 0 Å². The first kappa shape index (κ1) is 20.9. The van der Waals surface area contributed by atoms with Gasteiger partial charge in [0, 0.05) is 25.0 Å². The predicted molar refractivity (Wildman–Crippen MR) is 121 cm³/mol. The third-order valence-corrected chi connectivity index (χ3v) is 5.99. The maximum atomic E-state index is 6.48. The van der Waals surface area contributed by atoms with Crippen LogP contribution >= 0.6 is 0 Å². The Balaban J connectivity index is 2.37. The van der Waals surface area contributed by atoms with Crippen molar-refractivity contribution in [3.8, 4) is 5.69 Å². The minimum absolute atomic E-state index is 0.518. The van der Waals surface area contributed by atoms with Gasteiger partial charge in [0.15, 0.2) is 0 Å². The summed E-state index contributed by atoms with van der Waals surface area (Å²) in [7, 11) is 1.54. The highest BCUT2D eigenvalue weighted by atomic mass is 32.2. The van der Waals surface area contributed by atoms with E-state index < -0.39 is 10.3 Å². The molecule has 0 bridgehead atoms. The minimum atomic E-state index is -0.518. The van der Waals surface area contributed by atoms with Gasteiger partial charge in [0.25, 0.3) is 0 Å².